The number of fused-ring (bicyclic) bond motifs is 3. The number of nitrogens with one attached hydrogen (secondary N) is 3. The lowest BCUT2D eigenvalue weighted by Crippen LogP contribution is -2.59. The zero-order valence-electron chi connectivity index (χ0n) is 47.5. The van der Waals surface area contributed by atoms with Gasteiger partial charge in [0.25, 0.3) is 17.7 Å². The first kappa shape index (κ1) is 66.6. The largest absolute Gasteiger partial charge is 0.480 e. The number of hydrogen-bond acceptors (Lipinski definition) is 25. The average molecular weight is 1330 g/mol. The predicted molar refractivity (Wildman–Crippen MR) is 313 cm³/mol. The average Bonchev–Trinajstić information content (AvgIpc) is 1.54. The van der Waals surface area contributed by atoms with Crippen molar-refractivity contribution in [1.29, 1.82) is 0 Å². The van der Waals surface area contributed by atoms with Crippen molar-refractivity contribution in [3.8, 4) is 0 Å². The molecule has 0 bridgehead atoms. The molecule has 0 unspecified atom stereocenters. The van der Waals surface area contributed by atoms with Gasteiger partial charge in [0, 0.05) is 49.8 Å². The monoisotopic (exact) mass is 1330 g/mol. The van der Waals surface area contributed by atoms with E-state index in [1.54, 1.807) is 60.0 Å². The van der Waals surface area contributed by atoms with Crippen LogP contribution in [0.5, 0.6) is 0 Å². The smallest absolute Gasteiger partial charge is 0.413 e. The Bertz CT molecular complexity index is 3960. The van der Waals surface area contributed by atoms with Crippen molar-refractivity contribution >= 4 is 118 Å². The summed E-state index contributed by atoms with van der Waals surface area (Å²) in [6.07, 6.45) is 7.55. The molecule has 4 aromatic heterocycles. The summed E-state index contributed by atoms with van der Waals surface area (Å²) in [6.45, 7) is 2.08. The highest BCUT2D eigenvalue weighted by Gasteiger charge is 2.75. The van der Waals surface area contributed by atoms with E-state index in [2.05, 4.69) is 35.9 Å². The molecule has 6 fully saturated rings. The number of anilines is 1. The number of alkyl carbamates (subject to hydrolysis) is 2. The van der Waals surface area contributed by atoms with Crippen LogP contribution in [0.2, 0.25) is 0 Å². The van der Waals surface area contributed by atoms with Crippen molar-refractivity contribution < 1.29 is 97.9 Å². The number of rotatable bonds is 18. The van der Waals surface area contributed by atoms with E-state index in [9.17, 15) is 83.7 Å². The number of carboxylic acids is 3. The van der Waals surface area contributed by atoms with Crippen LogP contribution in [0.1, 0.15) is 44.3 Å². The minimum absolute atomic E-state index is 0.0731. The molecular formula is C53H58N12O21S4. The molecule has 10 N–H and O–H groups in total. The Morgan fingerprint density at radius 2 is 0.878 bits per heavy atom. The zero-order valence-corrected chi connectivity index (χ0v) is 50.8. The van der Waals surface area contributed by atoms with Crippen LogP contribution >= 0.6 is 11.3 Å². The molecule has 0 radical (unpaired) electrons. The first-order chi connectivity index (χ1) is 42.5. The molecule has 10 heterocycles. The van der Waals surface area contributed by atoms with Crippen LogP contribution in [-0.4, -0.2) is 224 Å². The maximum Gasteiger partial charge on any atom is 0.413 e. The third kappa shape index (κ3) is 11.9. The number of β-lactam (4-membered cyclic amide) rings is 3. The fourth-order valence-electron chi connectivity index (χ4n) is 10.6. The fourth-order valence-corrected chi connectivity index (χ4v) is 18.0. The van der Waals surface area contributed by atoms with Gasteiger partial charge in [-0.25, -0.2) is 59.0 Å². The Hall–Kier alpha value is -9.30. The van der Waals surface area contributed by atoms with E-state index in [1.165, 1.54) is 43.0 Å². The summed E-state index contributed by atoms with van der Waals surface area (Å²) in [7, 11) is -12.8. The molecule has 6 saturated heterocycles. The summed E-state index contributed by atoms with van der Waals surface area (Å²) in [5.74, 6) is -6.66. The van der Waals surface area contributed by atoms with Crippen LogP contribution in [0.3, 0.4) is 0 Å². The molecule has 0 saturated carbocycles. The van der Waals surface area contributed by atoms with Gasteiger partial charge in [-0.1, -0.05) is 18.2 Å². The first-order valence-corrected chi connectivity index (χ1v) is 32.3. The molecule has 4 aromatic rings. The van der Waals surface area contributed by atoms with Crippen molar-refractivity contribution in [1.82, 2.24) is 45.3 Å². The van der Waals surface area contributed by atoms with Gasteiger partial charge in [0.05, 0.1) is 33.8 Å². The van der Waals surface area contributed by atoms with Crippen molar-refractivity contribution in [2.75, 3.05) is 51.3 Å². The van der Waals surface area contributed by atoms with Crippen LogP contribution in [0.4, 0.5) is 19.5 Å². The van der Waals surface area contributed by atoms with E-state index in [4.69, 9.17) is 25.7 Å². The topological polar surface area (TPSA) is 494 Å². The molecule has 480 valence electrons. The van der Waals surface area contributed by atoms with Gasteiger partial charge in [-0.2, -0.15) is 0 Å². The van der Waals surface area contributed by atoms with Gasteiger partial charge in [-0.05, 0) is 88.4 Å². The normalized spacial score (nSPS) is 28.0. The number of pyridine rings is 3. The number of sulfone groups is 3. The quantitative estimate of drug-likeness (QED) is 0.0264. The Labute approximate surface area is 515 Å². The van der Waals surface area contributed by atoms with E-state index in [1.807, 2.05) is 0 Å². The third-order valence-corrected chi connectivity index (χ3v) is 24.1. The summed E-state index contributed by atoms with van der Waals surface area (Å²) in [6, 6.07) is 9.64. The highest BCUT2D eigenvalue weighted by molar-refractivity contribution is 7.95. The minimum Gasteiger partial charge on any atom is -0.480 e. The summed E-state index contributed by atoms with van der Waals surface area (Å²) in [5.41, 5.74) is 11.5. The van der Waals surface area contributed by atoms with E-state index in [0.29, 0.717) is 30.0 Å². The highest BCUT2D eigenvalue weighted by atomic mass is 32.2. The number of carbonyl (C=O) groups excluding carboxylic acids is 6. The molecule has 0 aliphatic carbocycles. The lowest BCUT2D eigenvalue weighted by molar-refractivity contribution is -0.153. The van der Waals surface area contributed by atoms with Crippen LogP contribution in [0.25, 0.3) is 18.2 Å². The van der Waals surface area contributed by atoms with Gasteiger partial charge >= 0.3 is 36.2 Å². The Kier molecular flexibility index (Phi) is 19.3. The second-order valence-electron chi connectivity index (χ2n) is 21.0. The summed E-state index contributed by atoms with van der Waals surface area (Å²) >= 11 is 1.12. The van der Waals surface area contributed by atoms with Crippen molar-refractivity contribution in [3.05, 3.63) is 119 Å². The van der Waals surface area contributed by atoms with Crippen molar-refractivity contribution in [3.63, 3.8) is 0 Å². The number of hydrogen-bond donors (Lipinski definition) is 8. The maximum atomic E-state index is 13.3. The zero-order chi connectivity index (χ0) is 65.9. The fraction of sp³-hybridized carbons (Fsp3) is 0.377. The Balaban J connectivity index is 0.000000174. The van der Waals surface area contributed by atoms with Gasteiger partial charge in [-0.3, -0.25) is 34.7 Å². The van der Waals surface area contributed by atoms with Gasteiger partial charge < -0.3 is 66.3 Å². The van der Waals surface area contributed by atoms with Gasteiger partial charge in [0.1, 0.15) is 34.1 Å². The predicted octanol–water partition coefficient (Wildman–Crippen LogP) is -0.714. The maximum absolute atomic E-state index is 13.3. The summed E-state index contributed by atoms with van der Waals surface area (Å²) in [5, 5.41) is 33.6. The number of nitrogens with two attached hydrogens (primary N) is 2. The molecule has 9 atom stereocenters. The number of aliphatic carboxylic acids is 3. The molecule has 0 aromatic carbocycles. The van der Waals surface area contributed by atoms with E-state index >= 15 is 0 Å². The van der Waals surface area contributed by atoms with Gasteiger partial charge in [-0.15, -0.1) is 11.3 Å². The highest BCUT2D eigenvalue weighted by Crippen LogP contribution is 2.52. The SMILES string of the molecule is C[C@]1(COC(=O)NCCCN)[C@H](C(=O)O)N2C(=O)/C(=C/c3ccccn3)[C@H]2S1(=O)=O.C[C@]1(COC(=O)NCCN)[C@H](C(=O)O)N2C(=O)/C(=C/c3ccccn3)[C@H]2S1(=O)=O.C[C@]1(COC(=O)Nc2nccs2)[C@H](C(=O)O)N2C(=O)/C(=C/c3ccccn3)[C@H]2S1(=O)=O. The second-order valence-corrected chi connectivity index (χ2v) is 29.3. The second kappa shape index (κ2) is 26.0. The molecule has 33 nitrogen and oxygen atoms in total. The Morgan fingerprint density at radius 3 is 1.17 bits per heavy atom. The number of carbonyl (C=O) groups is 9. The molecule has 10 rings (SSSR count). The van der Waals surface area contributed by atoms with Gasteiger partial charge in [0.15, 0.2) is 68.9 Å². The van der Waals surface area contributed by atoms with Crippen LogP contribution in [-0.2, 0) is 72.5 Å². The standard InChI is InChI=1S/C18H16N4O7S2.C18H22N4O7S.C17H20N4O7S/c1-18(9-29-17(26)21-16-20-6-7-30-16)12(15(24)25)22-13(23)11(14(22)31(18,27)28)8-10-4-2-3-5-19-10;1-18(10-29-17(26)21-8-4-6-19)13(16(24)25)22-14(23)12(15(22)30(18,27)28)9-11-5-2-3-7-20-11;1-17(9-28-16(25)20-7-5-18)12(15(23)24)21-13(22)11(14(21)29(17,26)27)8-10-4-2-3-6-19-10/h2-8,12,14H,9H2,1H3,(H,24,25)(H,20,21,26);2-3,5,7,9,13,15H,4,6,8,10,19H2,1H3,(H,21,26)(H,24,25);2-4,6,8,12,14H,5,7,9,18H2,1H3,(H,20,25)(H,23,24)/b11-8-;12-9-;11-8-/t12-,14+,18-;13-,15+,18-;12-,14+,17-/m000/s1. The van der Waals surface area contributed by atoms with Crippen molar-refractivity contribution in [2.45, 2.75) is 75.7 Å². The first-order valence-electron chi connectivity index (χ1n) is 26.8. The van der Waals surface area contributed by atoms with Crippen LogP contribution < -0.4 is 27.4 Å². The number of aromatic nitrogens is 4. The minimum atomic E-state index is -4.27. The molecule has 0 spiro atoms. The van der Waals surface area contributed by atoms with Gasteiger partial charge in [0.2, 0.25) is 0 Å². The van der Waals surface area contributed by atoms with Crippen LogP contribution in [0.15, 0.2) is 101 Å². The summed E-state index contributed by atoms with van der Waals surface area (Å²) < 4.78 is 88.5. The van der Waals surface area contributed by atoms with E-state index < -0.39 is 152 Å². The van der Waals surface area contributed by atoms with E-state index in [0.717, 1.165) is 46.8 Å². The number of nitrogens with zero attached hydrogens (tertiary/aromatic N) is 7. The van der Waals surface area contributed by atoms with Crippen LogP contribution in [0, 0.1) is 0 Å². The molecule has 37 heteroatoms. The lowest BCUT2D eigenvalue weighted by atomic mass is 9.94. The van der Waals surface area contributed by atoms with E-state index in [-0.39, 0.29) is 41.5 Å². The number of ether oxygens (including phenoxy) is 3. The number of thiazole rings is 1. The van der Waals surface area contributed by atoms with Crippen molar-refractivity contribution in [2.24, 2.45) is 11.5 Å². The third-order valence-electron chi connectivity index (χ3n) is 15.3. The number of carboxylic acid groups (broad SMARTS) is 3. The lowest BCUT2D eigenvalue weighted by Gasteiger charge is -2.37. The summed E-state index contributed by atoms with van der Waals surface area (Å²) in [4.78, 5) is 128. The molecule has 6 aliphatic heterocycles. The molecular weight excluding hydrogens is 1270 g/mol. The Morgan fingerprint density at radius 1 is 0.533 bits per heavy atom. The molecule has 6 amide bonds. The molecule has 6 aliphatic rings. The number of amides is 6. The molecule has 90 heavy (non-hydrogen) atoms.